The number of sulfonamides is 1. The summed E-state index contributed by atoms with van der Waals surface area (Å²) in [6, 6.07) is 16.8. The Hall–Kier alpha value is -4.30. The molecule has 4 aromatic rings. The number of amides is 2. The van der Waals surface area contributed by atoms with Crippen LogP contribution in [0.25, 0.3) is 22.0 Å². The second kappa shape index (κ2) is 14.4. The van der Waals surface area contributed by atoms with Crippen molar-refractivity contribution in [2.24, 2.45) is 17.6 Å². The maximum Gasteiger partial charge on any atom is 0.271 e. The third-order valence-electron chi connectivity index (χ3n) is 9.52. The average Bonchev–Trinajstić information content (AvgIpc) is 3.48. The van der Waals surface area contributed by atoms with Crippen molar-refractivity contribution < 1.29 is 22.7 Å². The first-order chi connectivity index (χ1) is 23.1. The van der Waals surface area contributed by atoms with Gasteiger partial charge >= 0.3 is 0 Å². The molecule has 6 N–H and O–H groups in total. The highest BCUT2D eigenvalue weighted by Crippen LogP contribution is 2.30. The lowest BCUT2D eigenvalue weighted by atomic mass is 9.81. The van der Waals surface area contributed by atoms with Crippen LogP contribution >= 0.6 is 0 Å². The first kappa shape index (κ1) is 33.6. The van der Waals surface area contributed by atoms with E-state index in [0.29, 0.717) is 55.4 Å². The Morgan fingerprint density at radius 1 is 1.00 bits per heavy atom. The van der Waals surface area contributed by atoms with Crippen molar-refractivity contribution in [1.29, 1.82) is 0 Å². The number of H-pyrrole nitrogens is 2. The van der Waals surface area contributed by atoms with E-state index in [0.717, 1.165) is 47.9 Å². The van der Waals surface area contributed by atoms with Gasteiger partial charge in [0.1, 0.15) is 6.04 Å². The molecule has 1 aliphatic carbocycles. The Bertz CT molecular complexity index is 1960. The normalized spacial score (nSPS) is 19.5. The molecule has 2 aliphatic rings. The summed E-state index contributed by atoms with van der Waals surface area (Å²) in [6.45, 7) is 3.87. The summed E-state index contributed by atoms with van der Waals surface area (Å²) in [5.74, 6) is -0.341. The van der Waals surface area contributed by atoms with Crippen molar-refractivity contribution in [3.05, 3.63) is 82.1 Å². The summed E-state index contributed by atoms with van der Waals surface area (Å²) < 4.78 is 33.6. The molecule has 1 aliphatic heterocycles. The van der Waals surface area contributed by atoms with Crippen molar-refractivity contribution in [3.63, 3.8) is 0 Å². The lowest BCUT2D eigenvalue weighted by Crippen LogP contribution is -2.48. The zero-order chi connectivity index (χ0) is 33.8. The van der Waals surface area contributed by atoms with E-state index in [4.69, 9.17) is 10.5 Å². The van der Waals surface area contributed by atoms with Crippen LogP contribution in [0.1, 0.15) is 36.8 Å². The highest BCUT2D eigenvalue weighted by molar-refractivity contribution is 7.89. The van der Waals surface area contributed by atoms with Gasteiger partial charge in [0.15, 0.2) is 0 Å². The number of rotatable bonds is 10. The predicted molar refractivity (Wildman–Crippen MR) is 184 cm³/mol. The van der Waals surface area contributed by atoms with Gasteiger partial charge in [-0.3, -0.25) is 24.6 Å². The summed E-state index contributed by atoms with van der Waals surface area (Å²) in [4.78, 5) is 39.4. The topological polar surface area (TPSA) is 179 Å². The van der Waals surface area contributed by atoms with E-state index >= 15 is 0 Å². The van der Waals surface area contributed by atoms with E-state index in [1.165, 1.54) is 4.31 Å². The van der Waals surface area contributed by atoms with Crippen LogP contribution in [0.4, 0.5) is 5.69 Å². The molecule has 0 unspecified atom stereocenters. The summed E-state index contributed by atoms with van der Waals surface area (Å²) in [5.41, 5.74) is 9.90. The van der Waals surface area contributed by atoms with E-state index in [1.54, 1.807) is 36.4 Å². The van der Waals surface area contributed by atoms with E-state index in [1.807, 2.05) is 31.2 Å². The molecule has 1 aromatic heterocycles. The summed E-state index contributed by atoms with van der Waals surface area (Å²) in [6.07, 6.45) is 3.40. The molecular weight excluding hydrogens is 632 g/mol. The zero-order valence-electron chi connectivity index (χ0n) is 27.0. The molecule has 0 spiro atoms. The van der Waals surface area contributed by atoms with Crippen LogP contribution in [0.3, 0.4) is 0 Å². The largest absolute Gasteiger partial charge is 0.379 e. The van der Waals surface area contributed by atoms with Crippen LogP contribution in [0, 0.1) is 18.8 Å². The van der Waals surface area contributed by atoms with Crippen LogP contribution in [-0.2, 0) is 30.8 Å². The van der Waals surface area contributed by atoms with Crippen LogP contribution in [-0.4, -0.2) is 73.6 Å². The summed E-state index contributed by atoms with van der Waals surface area (Å²) in [5, 5.41) is 11.7. The van der Waals surface area contributed by atoms with Gasteiger partial charge in [0.05, 0.1) is 29.0 Å². The standard InChI is InChI=1S/C35H42N6O6S/c1-22-5-11-28(48(45,46)41-13-15-47-16-14-41)20-30(22)26-4-2-3-24(17-26)18-32(38-33(42)25-8-6-23(21-36)7-9-25)35(44)37-27-10-12-29-31(19-27)39-40-34(29)43/h2-5,10-12,17,19-20,23,25,32H,6-9,13-16,18,21,36H2,1H3,(H,37,44)(H,38,42)(H2,39,40,43)/t23?,25?,32-/m0/s1. The Balaban J connectivity index is 1.25. The summed E-state index contributed by atoms with van der Waals surface area (Å²) >= 11 is 0. The number of nitrogens with zero attached hydrogens (tertiary/aromatic N) is 1. The number of morpholine rings is 1. The van der Waals surface area contributed by atoms with E-state index in [2.05, 4.69) is 20.8 Å². The number of ether oxygens (including phenoxy) is 1. The molecule has 6 rings (SSSR count). The van der Waals surface area contributed by atoms with Crippen molar-refractivity contribution in [3.8, 4) is 11.1 Å². The van der Waals surface area contributed by atoms with Crippen LogP contribution in [0.15, 0.2) is 70.4 Å². The molecule has 13 heteroatoms. The molecular formula is C35H42N6O6S. The van der Waals surface area contributed by atoms with Gasteiger partial charge in [0.25, 0.3) is 5.56 Å². The number of aromatic nitrogens is 2. The number of nitrogens with one attached hydrogen (secondary N) is 4. The Labute approximate surface area is 279 Å². The molecule has 3 aromatic carbocycles. The molecule has 254 valence electrons. The Kier molecular flexibility index (Phi) is 10.1. The number of carbonyl (C=O) groups excluding carboxylic acids is 2. The zero-order valence-corrected chi connectivity index (χ0v) is 27.8. The molecule has 12 nitrogen and oxygen atoms in total. The number of nitrogens with two attached hydrogens (primary N) is 1. The lowest BCUT2D eigenvalue weighted by molar-refractivity contribution is -0.130. The maximum absolute atomic E-state index is 13.8. The van der Waals surface area contributed by atoms with Crippen molar-refractivity contribution >= 4 is 38.4 Å². The first-order valence-corrected chi connectivity index (χ1v) is 17.9. The minimum Gasteiger partial charge on any atom is -0.379 e. The number of aryl methyl sites for hydroxylation is 1. The quantitative estimate of drug-likeness (QED) is 0.171. The molecule has 2 heterocycles. The van der Waals surface area contributed by atoms with Gasteiger partial charge in [0.2, 0.25) is 21.8 Å². The van der Waals surface area contributed by atoms with Crippen LogP contribution in [0.2, 0.25) is 0 Å². The molecule has 1 saturated carbocycles. The van der Waals surface area contributed by atoms with Gasteiger partial charge in [-0.25, -0.2) is 8.42 Å². The SMILES string of the molecule is Cc1ccc(S(=O)(=O)N2CCOCC2)cc1-c1cccc(C[C@H](NC(=O)C2CCC(CN)CC2)C(=O)Nc2ccc3c(=O)[nH][nH]c3c2)c1. The first-order valence-electron chi connectivity index (χ1n) is 16.4. The minimum atomic E-state index is -3.70. The number of benzene rings is 3. The van der Waals surface area contributed by atoms with Gasteiger partial charge < -0.3 is 21.1 Å². The number of hydrogen-bond donors (Lipinski definition) is 5. The number of fused-ring (bicyclic) bond motifs is 1. The minimum absolute atomic E-state index is 0.163. The fraction of sp³-hybridized carbons (Fsp3) is 0.400. The smallest absolute Gasteiger partial charge is 0.271 e. The Morgan fingerprint density at radius 2 is 1.77 bits per heavy atom. The fourth-order valence-corrected chi connectivity index (χ4v) is 8.05. The third-order valence-corrected chi connectivity index (χ3v) is 11.4. The number of anilines is 1. The second-order valence-corrected chi connectivity index (χ2v) is 14.7. The fourth-order valence-electron chi connectivity index (χ4n) is 6.61. The van der Waals surface area contributed by atoms with Gasteiger partial charge in [-0.05, 0) is 97.7 Å². The van der Waals surface area contributed by atoms with Gasteiger partial charge in [-0.1, -0.05) is 30.3 Å². The molecule has 0 bridgehead atoms. The second-order valence-electron chi connectivity index (χ2n) is 12.7. The molecule has 1 saturated heterocycles. The molecule has 0 radical (unpaired) electrons. The van der Waals surface area contributed by atoms with E-state index in [9.17, 15) is 22.8 Å². The Morgan fingerprint density at radius 3 is 2.52 bits per heavy atom. The summed E-state index contributed by atoms with van der Waals surface area (Å²) in [7, 11) is -3.70. The number of hydrogen-bond acceptors (Lipinski definition) is 7. The van der Waals surface area contributed by atoms with Gasteiger partial charge in [0, 0.05) is 31.1 Å². The molecule has 48 heavy (non-hydrogen) atoms. The highest BCUT2D eigenvalue weighted by atomic mass is 32.2. The predicted octanol–water partition coefficient (Wildman–Crippen LogP) is 3.28. The third kappa shape index (κ3) is 7.39. The van der Waals surface area contributed by atoms with Crippen molar-refractivity contribution in [2.75, 3.05) is 38.2 Å². The molecule has 2 amide bonds. The monoisotopic (exact) mass is 674 g/mol. The molecule has 2 fully saturated rings. The number of aromatic amines is 2. The number of carbonyl (C=O) groups is 2. The van der Waals surface area contributed by atoms with Crippen LogP contribution in [0.5, 0.6) is 0 Å². The van der Waals surface area contributed by atoms with Gasteiger partial charge in [-0.2, -0.15) is 4.31 Å². The average molecular weight is 675 g/mol. The maximum atomic E-state index is 13.8. The van der Waals surface area contributed by atoms with E-state index in [-0.39, 0.29) is 28.7 Å². The van der Waals surface area contributed by atoms with Gasteiger partial charge in [-0.15, -0.1) is 0 Å². The molecule has 1 atom stereocenters. The van der Waals surface area contributed by atoms with Crippen molar-refractivity contribution in [1.82, 2.24) is 19.8 Å². The lowest BCUT2D eigenvalue weighted by Gasteiger charge is -2.28. The van der Waals surface area contributed by atoms with Crippen molar-refractivity contribution in [2.45, 2.75) is 50.0 Å². The van der Waals surface area contributed by atoms with Crippen LogP contribution < -0.4 is 21.9 Å². The highest BCUT2D eigenvalue weighted by Gasteiger charge is 2.30. The van der Waals surface area contributed by atoms with E-state index < -0.39 is 22.0 Å².